The molecule has 1 aromatic carbocycles. The van der Waals surface area contributed by atoms with Crippen LogP contribution in [0.1, 0.15) is 20.3 Å². The summed E-state index contributed by atoms with van der Waals surface area (Å²) in [6.45, 7) is 6.00. The van der Waals surface area contributed by atoms with E-state index in [0.717, 1.165) is 23.9 Å². The Labute approximate surface area is 136 Å². The highest BCUT2D eigenvalue weighted by molar-refractivity contribution is 5.85. The molecule has 0 aliphatic carbocycles. The van der Waals surface area contributed by atoms with Crippen molar-refractivity contribution in [1.82, 2.24) is 14.7 Å². The molecule has 0 bridgehead atoms. The average Bonchev–Trinajstić information content (AvgIpc) is 2.83. The van der Waals surface area contributed by atoms with E-state index >= 15 is 0 Å². The van der Waals surface area contributed by atoms with Crippen LogP contribution in [0.3, 0.4) is 0 Å². The molecular weight excluding hydrogens is 300 g/mol. The number of nitrogens with two attached hydrogens (primary N) is 1. The number of aromatic nitrogens is 2. The zero-order valence-electron chi connectivity index (χ0n) is 13.0. The van der Waals surface area contributed by atoms with Crippen molar-refractivity contribution in [2.75, 3.05) is 13.1 Å². The second-order valence-corrected chi connectivity index (χ2v) is 6.58. The number of halogens is 1. The van der Waals surface area contributed by atoms with E-state index in [1.807, 2.05) is 35.4 Å². The standard InChI is InChI=1S/C16H22N4O.ClH/c1-16(2)11-19(8-7-14(16)17)15(21)10-20-9-12-5-3-4-6-13(12)18-20;/h3-6,9,14H,7-8,10-11,17H2,1-2H3;1H. The smallest absolute Gasteiger partial charge is 0.244 e. The van der Waals surface area contributed by atoms with Gasteiger partial charge >= 0.3 is 0 Å². The Morgan fingerprint density at radius 1 is 1.41 bits per heavy atom. The SMILES string of the molecule is CC1(C)CN(C(=O)Cn2cc3ccccc3n2)CCC1N.Cl. The van der Waals surface area contributed by atoms with E-state index in [9.17, 15) is 4.79 Å². The molecular formula is C16H23ClN4O. The topological polar surface area (TPSA) is 64.2 Å². The fourth-order valence-corrected chi connectivity index (χ4v) is 2.92. The second kappa shape index (κ2) is 6.26. The van der Waals surface area contributed by atoms with Crippen LogP contribution in [0.2, 0.25) is 0 Å². The summed E-state index contributed by atoms with van der Waals surface area (Å²) in [5.74, 6) is 0.114. The molecule has 1 amide bonds. The van der Waals surface area contributed by atoms with E-state index in [1.54, 1.807) is 4.68 Å². The number of carbonyl (C=O) groups is 1. The average molecular weight is 323 g/mol. The molecule has 1 atom stereocenters. The molecule has 0 spiro atoms. The Balaban J connectivity index is 0.00000176. The molecule has 1 saturated heterocycles. The third-order valence-electron chi connectivity index (χ3n) is 4.42. The lowest BCUT2D eigenvalue weighted by Crippen LogP contribution is -2.54. The van der Waals surface area contributed by atoms with Gasteiger partial charge in [-0.1, -0.05) is 32.0 Å². The van der Waals surface area contributed by atoms with Gasteiger partial charge in [-0.3, -0.25) is 9.48 Å². The van der Waals surface area contributed by atoms with Crippen LogP contribution >= 0.6 is 12.4 Å². The number of hydrogen-bond acceptors (Lipinski definition) is 3. The molecule has 2 N–H and O–H groups in total. The van der Waals surface area contributed by atoms with Crippen LogP contribution in [0, 0.1) is 5.41 Å². The minimum Gasteiger partial charge on any atom is -0.340 e. The molecule has 2 heterocycles. The van der Waals surface area contributed by atoms with Gasteiger partial charge in [-0.25, -0.2) is 0 Å². The van der Waals surface area contributed by atoms with Gasteiger partial charge in [-0.2, -0.15) is 5.10 Å². The van der Waals surface area contributed by atoms with Crippen LogP contribution in [0.5, 0.6) is 0 Å². The molecule has 6 heteroatoms. The third kappa shape index (κ3) is 3.25. The Morgan fingerprint density at radius 3 is 2.82 bits per heavy atom. The van der Waals surface area contributed by atoms with Crippen LogP contribution in [-0.4, -0.2) is 39.7 Å². The molecule has 1 aliphatic heterocycles. The van der Waals surface area contributed by atoms with Crippen molar-refractivity contribution in [1.29, 1.82) is 0 Å². The quantitative estimate of drug-likeness (QED) is 0.920. The Bertz CT molecular complexity index is 634. The maximum Gasteiger partial charge on any atom is 0.244 e. The Kier molecular flexibility index (Phi) is 4.78. The van der Waals surface area contributed by atoms with E-state index < -0.39 is 0 Å². The van der Waals surface area contributed by atoms with Gasteiger partial charge in [-0.05, 0) is 17.9 Å². The van der Waals surface area contributed by atoms with Crippen LogP contribution < -0.4 is 5.73 Å². The zero-order valence-corrected chi connectivity index (χ0v) is 13.8. The minimum absolute atomic E-state index is 0. The molecule has 1 aliphatic rings. The summed E-state index contributed by atoms with van der Waals surface area (Å²) in [4.78, 5) is 14.4. The van der Waals surface area contributed by atoms with Gasteiger partial charge in [0.25, 0.3) is 0 Å². The van der Waals surface area contributed by atoms with E-state index in [1.165, 1.54) is 0 Å². The number of nitrogens with zero attached hydrogens (tertiary/aromatic N) is 3. The largest absolute Gasteiger partial charge is 0.340 e. The lowest BCUT2D eigenvalue weighted by molar-refractivity contribution is -0.135. The fourth-order valence-electron chi connectivity index (χ4n) is 2.92. The third-order valence-corrected chi connectivity index (χ3v) is 4.42. The zero-order chi connectivity index (χ0) is 15.0. The van der Waals surface area contributed by atoms with Crippen molar-refractivity contribution in [3.8, 4) is 0 Å². The lowest BCUT2D eigenvalue weighted by atomic mass is 9.80. The van der Waals surface area contributed by atoms with Crippen molar-refractivity contribution in [3.63, 3.8) is 0 Å². The fraction of sp³-hybridized carbons (Fsp3) is 0.500. The predicted molar refractivity (Wildman–Crippen MR) is 89.9 cm³/mol. The number of carbonyl (C=O) groups excluding carboxylic acids is 1. The first kappa shape index (κ1) is 16.8. The normalized spacial score (nSPS) is 20.7. The molecule has 1 aromatic heterocycles. The number of hydrogen-bond donors (Lipinski definition) is 1. The predicted octanol–water partition coefficient (Wildman–Crippen LogP) is 2.04. The maximum absolute atomic E-state index is 12.5. The van der Waals surface area contributed by atoms with Gasteiger partial charge in [0.1, 0.15) is 6.54 Å². The summed E-state index contributed by atoms with van der Waals surface area (Å²) >= 11 is 0. The minimum atomic E-state index is -0.0251. The number of likely N-dealkylation sites (tertiary alicyclic amines) is 1. The van der Waals surface area contributed by atoms with Crippen molar-refractivity contribution < 1.29 is 4.79 Å². The first-order valence-electron chi connectivity index (χ1n) is 7.41. The maximum atomic E-state index is 12.5. The van der Waals surface area contributed by atoms with Crippen molar-refractivity contribution >= 4 is 29.2 Å². The van der Waals surface area contributed by atoms with Crippen molar-refractivity contribution in [3.05, 3.63) is 30.5 Å². The van der Waals surface area contributed by atoms with Gasteiger partial charge in [-0.15, -0.1) is 12.4 Å². The number of fused-ring (bicyclic) bond motifs is 1. The summed E-state index contributed by atoms with van der Waals surface area (Å²) in [6.07, 6.45) is 2.79. The number of rotatable bonds is 2. The van der Waals surface area contributed by atoms with Crippen LogP contribution in [0.25, 0.3) is 10.9 Å². The molecule has 1 fully saturated rings. The highest BCUT2D eigenvalue weighted by atomic mass is 35.5. The second-order valence-electron chi connectivity index (χ2n) is 6.58. The highest BCUT2D eigenvalue weighted by Crippen LogP contribution is 2.27. The van der Waals surface area contributed by atoms with E-state index in [4.69, 9.17) is 5.73 Å². The van der Waals surface area contributed by atoms with Crippen molar-refractivity contribution in [2.24, 2.45) is 11.1 Å². The molecule has 5 nitrogen and oxygen atoms in total. The Morgan fingerprint density at radius 2 is 2.14 bits per heavy atom. The number of piperidine rings is 1. The van der Waals surface area contributed by atoms with Crippen LogP contribution in [-0.2, 0) is 11.3 Å². The summed E-state index contributed by atoms with van der Waals surface area (Å²) < 4.78 is 1.73. The van der Waals surface area contributed by atoms with Gasteiger partial charge in [0.2, 0.25) is 5.91 Å². The first-order chi connectivity index (χ1) is 9.95. The molecule has 22 heavy (non-hydrogen) atoms. The number of amides is 1. The molecule has 3 rings (SSSR count). The van der Waals surface area contributed by atoms with E-state index in [-0.39, 0.29) is 29.8 Å². The van der Waals surface area contributed by atoms with Crippen LogP contribution in [0.4, 0.5) is 0 Å². The van der Waals surface area contributed by atoms with Gasteiger partial charge in [0.05, 0.1) is 5.52 Å². The van der Waals surface area contributed by atoms with E-state index in [2.05, 4.69) is 18.9 Å². The summed E-state index contributed by atoms with van der Waals surface area (Å²) in [7, 11) is 0. The Hall–Kier alpha value is -1.59. The monoisotopic (exact) mass is 322 g/mol. The first-order valence-corrected chi connectivity index (χ1v) is 7.41. The summed E-state index contributed by atoms with van der Waals surface area (Å²) in [6, 6.07) is 8.06. The molecule has 0 saturated carbocycles. The van der Waals surface area contributed by atoms with Gasteiger partial charge < -0.3 is 10.6 Å². The molecule has 120 valence electrons. The van der Waals surface area contributed by atoms with Crippen LogP contribution in [0.15, 0.2) is 30.5 Å². The van der Waals surface area contributed by atoms with Gasteiger partial charge in [0.15, 0.2) is 0 Å². The van der Waals surface area contributed by atoms with Gasteiger partial charge in [0, 0.05) is 30.7 Å². The number of benzene rings is 1. The lowest BCUT2D eigenvalue weighted by Gasteiger charge is -2.42. The summed E-state index contributed by atoms with van der Waals surface area (Å²) in [5, 5.41) is 5.50. The highest BCUT2D eigenvalue weighted by Gasteiger charge is 2.35. The van der Waals surface area contributed by atoms with Crippen molar-refractivity contribution in [2.45, 2.75) is 32.9 Å². The molecule has 1 unspecified atom stereocenters. The van der Waals surface area contributed by atoms with E-state index in [0.29, 0.717) is 13.1 Å². The molecule has 2 aromatic rings. The summed E-state index contributed by atoms with van der Waals surface area (Å²) in [5.41, 5.74) is 7.02. The molecule has 0 radical (unpaired) electrons.